The second-order valence-corrected chi connectivity index (χ2v) is 7.52. The van der Waals surface area contributed by atoms with Gasteiger partial charge in [-0.3, -0.25) is 14.7 Å². The van der Waals surface area contributed by atoms with Crippen molar-refractivity contribution in [3.05, 3.63) is 58.9 Å². The Balaban J connectivity index is 1.40. The summed E-state index contributed by atoms with van der Waals surface area (Å²) >= 11 is 0. The summed E-state index contributed by atoms with van der Waals surface area (Å²) < 4.78 is 5.34. The van der Waals surface area contributed by atoms with Crippen LogP contribution in [0.2, 0.25) is 0 Å². The molecular weight excluding hydrogens is 338 g/mol. The quantitative estimate of drug-likeness (QED) is 0.839. The first-order chi connectivity index (χ1) is 13.2. The van der Waals surface area contributed by atoms with Crippen molar-refractivity contribution in [1.82, 2.24) is 14.8 Å². The van der Waals surface area contributed by atoms with Gasteiger partial charge in [0.1, 0.15) is 5.75 Å². The third kappa shape index (κ3) is 3.69. The molecule has 5 nitrogen and oxygen atoms in total. The monoisotopic (exact) mass is 365 g/mol. The predicted octanol–water partition coefficient (Wildman–Crippen LogP) is 2.71. The lowest BCUT2D eigenvalue weighted by Crippen LogP contribution is -2.53. The Morgan fingerprint density at radius 1 is 1.15 bits per heavy atom. The summed E-state index contributed by atoms with van der Waals surface area (Å²) in [5.41, 5.74) is 4.44. The lowest BCUT2D eigenvalue weighted by atomic mass is 9.87. The number of pyridine rings is 1. The van der Waals surface area contributed by atoms with Crippen LogP contribution in [0.3, 0.4) is 0 Å². The summed E-state index contributed by atoms with van der Waals surface area (Å²) in [5.74, 6) is 0.600. The Kier molecular flexibility index (Phi) is 5.12. The number of aromatic nitrogens is 1. The van der Waals surface area contributed by atoms with Crippen LogP contribution in [-0.4, -0.2) is 60.0 Å². The van der Waals surface area contributed by atoms with E-state index >= 15 is 0 Å². The molecule has 1 aliphatic carbocycles. The van der Waals surface area contributed by atoms with Gasteiger partial charge in [0.05, 0.1) is 18.9 Å². The molecule has 1 aromatic carbocycles. The van der Waals surface area contributed by atoms with Gasteiger partial charge < -0.3 is 9.64 Å². The van der Waals surface area contributed by atoms with Gasteiger partial charge in [-0.05, 0) is 43.4 Å². The highest BCUT2D eigenvalue weighted by Gasteiger charge is 2.29. The molecule has 1 atom stereocenters. The second-order valence-electron chi connectivity index (χ2n) is 7.52. The minimum Gasteiger partial charge on any atom is -0.494 e. The Morgan fingerprint density at radius 3 is 2.63 bits per heavy atom. The van der Waals surface area contributed by atoms with E-state index in [9.17, 15) is 4.79 Å². The van der Waals surface area contributed by atoms with Crippen LogP contribution < -0.4 is 4.74 Å². The van der Waals surface area contributed by atoms with E-state index in [-0.39, 0.29) is 5.91 Å². The molecule has 1 unspecified atom stereocenters. The number of fused-ring (bicyclic) bond motifs is 1. The largest absolute Gasteiger partial charge is 0.494 e. The lowest BCUT2D eigenvalue weighted by molar-refractivity contribution is 0.0550. The van der Waals surface area contributed by atoms with E-state index < -0.39 is 0 Å². The summed E-state index contributed by atoms with van der Waals surface area (Å²) in [6.07, 6.45) is 5.13. The number of piperazine rings is 1. The van der Waals surface area contributed by atoms with Crippen molar-refractivity contribution in [1.29, 1.82) is 0 Å². The topological polar surface area (TPSA) is 45.7 Å². The van der Waals surface area contributed by atoms with Gasteiger partial charge in [0, 0.05) is 37.9 Å². The van der Waals surface area contributed by atoms with Gasteiger partial charge in [0.25, 0.3) is 5.91 Å². The van der Waals surface area contributed by atoms with Crippen LogP contribution in [0, 0.1) is 6.92 Å². The number of carbonyl (C=O) groups is 1. The Morgan fingerprint density at radius 2 is 1.89 bits per heavy atom. The molecular formula is C22H27N3O2. The van der Waals surface area contributed by atoms with E-state index in [1.807, 2.05) is 17.9 Å². The molecule has 2 aromatic rings. The average Bonchev–Trinajstić information content (AvgIpc) is 2.73. The van der Waals surface area contributed by atoms with Gasteiger partial charge in [-0.25, -0.2) is 0 Å². The number of nitrogens with zero attached hydrogens (tertiary/aromatic N) is 3. The zero-order valence-electron chi connectivity index (χ0n) is 16.1. The van der Waals surface area contributed by atoms with Crippen molar-refractivity contribution in [2.75, 3.05) is 33.3 Å². The number of benzene rings is 1. The lowest BCUT2D eigenvalue weighted by Gasteiger charge is -2.41. The number of carbonyl (C=O) groups excluding carboxylic acids is 1. The van der Waals surface area contributed by atoms with Crippen LogP contribution in [0.1, 0.15) is 33.6 Å². The van der Waals surface area contributed by atoms with Crippen LogP contribution >= 0.6 is 0 Å². The fourth-order valence-corrected chi connectivity index (χ4v) is 4.33. The maximum absolute atomic E-state index is 13.0. The SMILES string of the molecule is COc1cnc(C)cc1C(=O)N1CCN(C2CCc3ccccc3C2)CC1. The Bertz CT molecular complexity index is 828. The highest BCUT2D eigenvalue weighted by molar-refractivity contribution is 5.97. The Labute approximate surface area is 161 Å². The smallest absolute Gasteiger partial charge is 0.257 e. The van der Waals surface area contributed by atoms with Crippen molar-refractivity contribution < 1.29 is 9.53 Å². The molecule has 27 heavy (non-hydrogen) atoms. The third-order valence-electron chi connectivity index (χ3n) is 5.89. The van der Waals surface area contributed by atoms with E-state index in [1.54, 1.807) is 13.3 Å². The second kappa shape index (κ2) is 7.69. The molecule has 0 saturated carbocycles. The molecule has 2 aliphatic rings. The maximum atomic E-state index is 13.0. The number of amides is 1. The number of ether oxygens (including phenoxy) is 1. The van der Waals surface area contributed by atoms with Gasteiger partial charge in [-0.1, -0.05) is 24.3 Å². The van der Waals surface area contributed by atoms with E-state index in [4.69, 9.17) is 4.74 Å². The highest BCUT2D eigenvalue weighted by Crippen LogP contribution is 2.26. The van der Waals surface area contributed by atoms with Crippen molar-refractivity contribution in [3.8, 4) is 5.75 Å². The zero-order chi connectivity index (χ0) is 18.8. The molecule has 0 bridgehead atoms. The fraction of sp³-hybridized carbons (Fsp3) is 0.455. The minimum atomic E-state index is 0.0472. The van der Waals surface area contributed by atoms with Crippen LogP contribution in [0.4, 0.5) is 0 Å². The molecule has 2 heterocycles. The number of hydrogen-bond donors (Lipinski definition) is 0. The van der Waals surface area contributed by atoms with Crippen molar-refractivity contribution in [2.45, 2.75) is 32.2 Å². The van der Waals surface area contributed by atoms with Crippen molar-refractivity contribution >= 4 is 5.91 Å². The van der Waals surface area contributed by atoms with E-state index in [2.05, 4.69) is 34.1 Å². The number of aryl methyl sites for hydroxylation is 2. The molecule has 1 aromatic heterocycles. The number of rotatable bonds is 3. The van der Waals surface area contributed by atoms with Crippen LogP contribution in [0.15, 0.2) is 36.5 Å². The molecule has 142 valence electrons. The summed E-state index contributed by atoms with van der Waals surface area (Å²) in [5, 5.41) is 0. The van der Waals surface area contributed by atoms with Crippen LogP contribution in [0.25, 0.3) is 0 Å². The molecule has 1 aliphatic heterocycles. The number of methoxy groups -OCH3 is 1. The van der Waals surface area contributed by atoms with E-state index in [0.29, 0.717) is 17.4 Å². The molecule has 1 fully saturated rings. The predicted molar refractivity (Wildman–Crippen MR) is 105 cm³/mol. The summed E-state index contributed by atoms with van der Waals surface area (Å²) in [7, 11) is 1.59. The van der Waals surface area contributed by atoms with E-state index in [1.165, 1.54) is 17.5 Å². The molecule has 1 amide bonds. The van der Waals surface area contributed by atoms with Crippen molar-refractivity contribution in [3.63, 3.8) is 0 Å². The summed E-state index contributed by atoms with van der Waals surface area (Å²) in [4.78, 5) is 21.7. The Hall–Kier alpha value is -2.40. The van der Waals surface area contributed by atoms with Crippen LogP contribution in [0.5, 0.6) is 5.75 Å². The fourth-order valence-electron chi connectivity index (χ4n) is 4.33. The van der Waals surface area contributed by atoms with Gasteiger partial charge in [0.2, 0.25) is 0 Å². The molecule has 1 saturated heterocycles. The average molecular weight is 365 g/mol. The van der Waals surface area contributed by atoms with Gasteiger partial charge in [-0.2, -0.15) is 0 Å². The van der Waals surface area contributed by atoms with Gasteiger partial charge in [-0.15, -0.1) is 0 Å². The first kappa shape index (κ1) is 18.0. The molecule has 0 N–H and O–H groups in total. The van der Waals surface area contributed by atoms with E-state index in [0.717, 1.165) is 44.7 Å². The van der Waals surface area contributed by atoms with Gasteiger partial charge >= 0.3 is 0 Å². The highest BCUT2D eigenvalue weighted by atomic mass is 16.5. The molecule has 0 radical (unpaired) electrons. The first-order valence-corrected chi connectivity index (χ1v) is 9.76. The standard InChI is InChI=1S/C22H27N3O2/c1-16-13-20(21(27-2)15-23-16)22(26)25-11-9-24(10-12-25)19-8-7-17-5-3-4-6-18(17)14-19/h3-6,13,15,19H,7-12,14H2,1-2H3. The van der Waals surface area contributed by atoms with Gasteiger partial charge in [0.15, 0.2) is 0 Å². The number of hydrogen-bond acceptors (Lipinski definition) is 4. The third-order valence-corrected chi connectivity index (χ3v) is 5.89. The molecule has 0 spiro atoms. The normalized spacial score (nSPS) is 20.2. The minimum absolute atomic E-state index is 0.0472. The summed E-state index contributed by atoms with van der Waals surface area (Å²) in [6, 6.07) is 11.2. The first-order valence-electron chi connectivity index (χ1n) is 9.76. The van der Waals surface area contributed by atoms with Crippen molar-refractivity contribution in [2.24, 2.45) is 0 Å². The maximum Gasteiger partial charge on any atom is 0.257 e. The molecule has 4 rings (SSSR count). The molecule has 5 heteroatoms. The summed E-state index contributed by atoms with van der Waals surface area (Å²) in [6.45, 7) is 5.30. The van der Waals surface area contributed by atoms with Crippen LogP contribution in [-0.2, 0) is 12.8 Å². The zero-order valence-corrected chi connectivity index (χ0v) is 16.1.